The van der Waals surface area contributed by atoms with Crippen molar-refractivity contribution < 1.29 is 19.7 Å². The summed E-state index contributed by atoms with van der Waals surface area (Å²) in [5, 5.41) is 19.3. The maximum Gasteiger partial charge on any atom is 0.305 e. The highest BCUT2D eigenvalue weighted by atomic mass is 33.1. The number of carbonyl (C=O) groups excluding carboxylic acids is 1. The minimum Gasteiger partial charge on any atom is -0.508 e. The topological polar surface area (TPSA) is 66.8 Å². The van der Waals surface area contributed by atoms with Gasteiger partial charge in [-0.3, -0.25) is 4.79 Å². The van der Waals surface area contributed by atoms with E-state index in [0.717, 1.165) is 38.5 Å². The molecule has 0 spiro atoms. The minimum atomic E-state index is -0.132. The molecule has 2 aromatic rings. The molecule has 0 radical (unpaired) electrons. The summed E-state index contributed by atoms with van der Waals surface area (Å²) >= 11 is 0. The van der Waals surface area contributed by atoms with E-state index in [-0.39, 0.29) is 11.4 Å². The SMILES string of the molecule is CCCC(CCC)C(C)(c1ccc(O)cc1)c1ccc(O)cc1.CCOC(=O)CCCCC1(C)CCSS1. The van der Waals surface area contributed by atoms with Crippen molar-refractivity contribution in [3.05, 3.63) is 59.7 Å². The number of carbonyl (C=O) groups is 1. The number of esters is 1. The average molecular weight is 561 g/mol. The van der Waals surface area contributed by atoms with Crippen molar-refractivity contribution in [3.8, 4) is 11.5 Å². The van der Waals surface area contributed by atoms with Crippen LogP contribution in [0.25, 0.3) is 0 Å². The van der Waals surface area contributed by atoms with Gasteiger partial charge in [0.1, 0.15) is 11.5 Å². The lowest BCUT2D eigenvalue weighted by Gasteiger charge is -2.39. The van der Waals surface area contributed by atoms with Gasteiger partial charge in [0.05, 0.1) is 6.61 Å². The number of aromatic hydroxyl groups is 2. The summed E-state index contributed by atoms with van der Waals surface area (Å²) in [6.07, 6.45) is 9.85. The standard InChI is InChI=1S/C21H28O2.C11H20O2S2/c1-4-6-16(7-5-2)21(3,17-8-12-19(22)13-9-17)18-10-14-20(23)15-11-18;1-3-13-10(12)6-4-5-7-11(2)8-9-14-15-11/h8-16,22-23H,4-7H2,1-3H3;3-9H2,1-2H3. The molecule has 0 bridgehead atoms. The summed E-state index contributed by atoms with van der Waals surface area (Å²) < 4.78 is 5.35. The molecule has 0 amide bonds. The van der Waals surface area contributed by atoms with Gasteiger partial charge in [-0.25, -0.2) is 0 Å². The van der Waals surface area contributed by atoms with Gasteiger partial charge in [-0.2, -0.15) is 0 Å². The number of unbranched alkanes of at least 4 members (excludes halogenated alkanes) is 1. The van der Waals surface area contributed by atoms with Crippen LogP contribution in [0.15, 0.2) is 48.5 Å². The molecule has 0 saturated carbocycles. The van der Waals surface area contributed by atoms with Crippen LogP contribution in [0.1, 0.15) is 104 Å². The van der Waals surface area contributed by atoms with E-state index in [9.17, 15) is 15.0 Å². The first-order chi connectivity index (χ1) is 18.2. The van der Waals surface area contributed by atoms with Gasteiger partial charge in [0, 0.05) is 22.3 Å². The molecule has 212 valence electrons. The summed E-state index contributed by atoms with van der Waals surface area (Å²) in [7, 11) is 3.99. The maximum atomic E-state index is 11.1. The van der Waals surface area contributed by atoms with Gasteiger partial charge in [-0.15, -0.1) is 0 Å². The number of benzene rings is 2. The maximum absolute atomic E-state index is 11.1. The first-order valence-electron chi connectivity index (χ1n) is 14.2. The normalized spacial score (nSPS) is 17.2. The molecule has 1 aliphatic heterocycles. The second-order valence-electron chi connectivity index (χ2n) is 10.7. The van der Waals surface area contributed by atoms with Gasteiger partial charge in [0.25, 0.3) is 0 Å². The predicted octanol–water partition coefficient (Wildman–Crippen LogP) is 9.27. The number of phenols is 2. The summed E-state index contributed by atoms with van der Waals surface area (Å²) in [5.74, 6) is 2.34. The summed E-state index contributed by atoms with van der Waals surface area (Å²) in [6.45, 7) is 11.4. The van der Waals surface area contributed by atoms with Crippen molar-refractivity contribution in [3.63, 3.8) is 0 Å². The molecule has 1 heterocycles. The highest BCUT2D eigenvalue weighted by molar-refractivity contribution is 8.77. The molecule has 0 aromatic heterocycles. The van der Waals surface area contributed by atoms with Crippen molar-refractivity contribution in [2.24, 2.45) is 5.92 Å². The predicted molar refractivity (Wildman–Crippen MR) is 164 cm³/mol. The van der Waals surface area contributed by atoms with Crippen molar-refractivity contribution in [1.82, 2.24) is 0 Å². The minimum absolute atomic E-state index is 0.0453. The van der Waals surface area contributed by atoms with E-state index in [4.69, 9.17) is 4.74 Å². The fraction of sp³-hybridized carbons (Fsp3) is 0.594. The highest BCUT2D eigenvalue weighted by Gasteiger charge is 2.36. The molecule has 0 aliphatic carbocycles. The quantitative estimate of drug-likeness (QED) is 0.145. The Morgan fingerprint density at radius 2 is 1.47 bits per heavy atom. The van der Waals surface area contributed by atoms with Crippen LogP contribution in [0.2, 0.25) is 0 Å². The van der Waals surface area contributed by atoms with Gasteiger partial charge >= 0.3 is 5.97 Å². The van der Waals surface area contributed by atoms with E-state index >= 15 is 0 Å². The van der Waals surface area contributed by atoms with Crippen LogP contribution in [0, 0.1) is 5.92 Å². The van der Waals surface area contributed by atoms with Crippen LogP contribution >= 0.6 is 21.6 Å². The van der Waals surface area contributed by atoms with E-state index in [2.05, 4.69) is 27.7 Å². The van der Waals surface area contributed by atoms with Gasteiger partial charge in [-0.05, 0) is 87.3 Å². The van der Waals surface area contributed by atoms with Crippen LogP contribution in [0.4, 0.5) is 0 Å². The van der Waals surface area contributed by atoms with Gasteiger partial charge in [0.2, 0.25) is 0 Å². The zero-order chi connectivity index (χ0) is 28.0. The second kappa shape index (κ2) is 16.3. The number of rotatable bonds is 13. The molecule has 6 heteroatoms. The lowest BCUT2D eigenvalue weighted by molar-refractivity contribution is -0.143. The lowest BCUT2D eigenvalue weighted by Crippen LogP contribution is -2.33. The Labute approximate surface area is 238 Å². The fourth-order valence-electron chi connectivity index (χ4n) is 5.32. The van der Waals surface area contributed by atoms with Crippen LogP contribution < -0.4 is 0 Å². The first-order valence-corrected chi connectivity index (χ1v) is 16.6. The summed E-state index contributed by atoms with van der Waals surface area (Å²) in [4.78, 5) is 11.1. The van der Waals surface area contributed by atoms with E-state index in [1.165, 1.54) is 29.7 Å². The van der Waals surface area contributed by atoms with E-state index < -0.39 is 0 Å². The van der Waals surface area contributed by atoms with Gasteiger partial charge < -0.3 is 14.9 Å². The van der Waals surface area contributed by atoms with Crippen LogP contribution in [0.3, 0.4) is 0 Å². The van der Waals surface area contributed by atoms with Gasteiger partial charge in [-0.1, -0.05) is 85.9 Å². The third-order valence-corrected chi connectivity index (χ3v) is 11.0. The molecule has 1 saturated heterocycles. The monoisotopic (exact) mass is 560 g/mol. The Morgan fingerprint density at radius 1 is 0.947 bits per heavy atom. The molecular formula is C32H48O4S2. The van der Waals surface area contributed by atoms with E-state index in [1.807, 2.05) is 52.8 Å². The summed E-state index contributed by atoms with van der Waals surface area (Å²) in [6, 6.07) is 15.2. The zero-order valence-electron chi connectivity index (χ0n) is 24.0. The first kappa shape index (κ1) is 32.4. The van der Waals surface area contributed by atoms with E-state index in [1.54, 1.807) is 24.3 Å². The molecule has 1 aliphatic rings. The molecule has 38 heavy (non-hydrogen) atoms. The van der Waals surface area contributed by atoms with Crippen molar-refractivity contribution in [1.29, 1.82) is 0 Å². The molecule has 4 nitrogen and oxygen atoms in total. The third kappa shape index (κ3) is 9.75. The zero-order valence-corrected chi connectivity index (χ0v) is 25.6. The number of phenolic OH excluding ortho intramolecular Hbond substituents is 2. The van der Waals surface area contributed by atoms with Crippen molar-refractivity contribution in [2.45, 2.75) is 103 Å². The number of ether oxygens (including phenoxy) is 1. The van der Waals surface area contributed by atoms with E-state index in [0.29, 0.717) is 35.2 Å². The van der Waals surface area contributed by atoms with Crippen molar-refractivity contribution >= 4 is 27.6 Å². The second-order valence-corrected chi connectivity index (χ2v) is 13.7. The molecule has 3 rings (SSSR count). The van der Waals surface area contributed by atoms with Crippen molar-refractivity contribution in [2.75, 3.05) is 12.4 Å². The Balaban J connectivity index is 0.000000293. The Bertz CT molecular complexity index is 885. The number of hydrogen-bond acceptors (Lipinski definition) is 6. The molecule has 1 unspecified atom stereocenters. The lowest BCUT2D eigenvalue weighted by atomic mass is 9.64. The third-order valence-electron chi connectivity index (χ3n) is 7.64. The molecule has 2 N–H and O–H groups in total. The van der Waals surface area contributed by atoms with Crippen LogP contribution in [-0.2, 0) is 14.9 Å². The molecule has 1 fully saturated rings. The fourth-order valence-corrected chi connectivity index (χ4v) is 8.62. The number of hydrogen-bond donors (Lipinski definition) is 2. The smallest absolute Gasteiger partial charge is 0.305 e. The highest BCUT2D eigenvalue weighted by Crippen LogP contribution is 2.49. The Hall–Kier alpha value is -1.79. The Morgan fingerprint density at radius 3 is 1.89 bits per heavy atom. The van der Waals surface area contributed by atoms with Crippen LogP contribution in [0.5, 0.6) is 11.5 Å². The Kier molecular flexibility index (Phi) is 13.9. The molecule has 1 atom stereocenters. The molecular weight excluding hydrogens is 512 g/mol. The largest absolute Gasteiger partial charge is 0.508 e. The van der Waals surface area contributed by atoms with Gasteiger partial charge in [0.15, 0.2) is 0 Å². The molecule has 2 aromatic carbocycles. The van der Waals surface area contributed by atoms with Crippen LogP contribution in [-0.4, -0.2) is 33.3 Å². The summed E-state index contributed by atoms with van der Waals surface area (Å²) in [5.41, 5.74) is 2.30. The average Bonchev–Trinajstić information content (AvgIpc) is 3.34.